The van der Waals surface area contributed by atoms with Gasteiger partial charge in [0.1, 0.15) is 0 Å². The van der Waals surface area contributed by atoms with Crippen LogP contribution in [-0.4, -0.2) is 27.2 Å². The number of rotatable bonds is 8. The molecule has 148 valence electrons. The Kier molecular flexibility index (Phi) is 6.92. The molecule has 0 amide bonds. The lowest BCUT2D eigenvalue weighted by Gasteiger charge is -2.45. The summed E-state index contributed by atoms with van der Waals surface area (Å²) >= 11 is 0. The number of aryl methyl sites for hydroxylation is 1. The fourth-order valence-electron chi connectivity index (χ4n) is 3.98. The highest BCUT2D eigenvalue weighted by molar-refractivity contribution is 7.89. The van der Waals surface area contributed by atoms with Gasteiger partial charge in [-0.25, -0.2) is 13.1 Å². The van der Waals surface area contributed by atoms with Gasteiger partial charge >= 0.3 is 0 Å². The molecule has 1 heterocycles. The van der Waals surface area contributed by atoms with E-state index < -0.39 is 10.0 Å². The molecule has 4 nitrogen and oxygen atoms in total. The Hall–Kier alpha value is -0.910. The molecule has 1 N–H and O–H groups in total. The van der Waals surface area contributed by atoms with Crippen molar-refractivity contribution in [3.8, 4) is 0 Å². The molecule has 26 heavy (non-hydrogen) atoms. The lowest BCUT2D eigenvalue weighted by atomic mass is 9.68. The van der Waals surface area contributed by atoms with Crippen LogP contribution >= 0.6 is 0 Å². The summed E-state index contributed by atoms with van der Waals surface area (Å²) in [6.07, 6.45) is 5.15. The van der Waals surface area contributed by atoms with Crippen molar-refractivity contribution in [3.05, 3.63) is 29.8 Å². The van der Waals surface area contributed by atoms with Gasteiger partial charge in [0.05, 0.1) is 10.5 Å². The van der Waals surface area contributed by atoms with Crippen LogP contribution in [0, 0.1) is 18.3 Å². The summed E-state index contributed by atoms with van der Waals surface area (Å²) in [6, 6.07) is 7.01. The van der Waals surface area contributed by atoms with E-state index >= 15 is 0 Å². The molecule has 0 spiro atoms. The molecule has 0 aromatic heterocycles. The van der Waals surface area contributed by atoms with E-state index in [0.717, 1.165) is 37.9 Å². The topological polar surface area (TPSA) is 55.4 Å². The third-order valence-corrected chi connectivity index (χ3v) is 6.93. The molecule has 1 atom stereocenters. The van der Waals surface area contributed by atoms with Crippen molar-refractivity contribution in [1.82, 2.24) is 4.72 Å². The van der Waals surface area contributed by atoms with E-state index in [1.807, 2.05) is 19.1 Å². The summed E-state index contributed by atoms with van der Waals surface area (Å²) in [7, 11) is -3.45. The lowest BCUT2D eigenvalue weighted by Crippen LogP contribution is -2.43. The first-order valence-electron chi connectivity index (χ1n) is 9.74. The number of nitrogens with one attached hydrogen (secondary N) is 1. The van der Waals surface area contributed by atoms with Crippen molar-refractivity contribution in [2.75, 3.05) is 13.2 Å². The van der Waals surface area contributed by atoms with Crippen molar-refractivity contribution in [3.63, 3.8) is 0 Å². The highest BCUT2D eigenvalue weighted by Crippen LogP contribution is 2.45. The Balaban J connectivity index is 2.03. The van der Waals surface area contributed by atoms with Crippen molar-refractivity contribution >= 4 is 10.0 Å². The molecule has 1 fully saturated rings. The van der Waals surface area contributed by atoms with Crippen LogP contribution in [0.25, 0.3) is 0 Å². The fraction of sp³-hybridized carbons (Fsp3) is 0.714. The quantitative estimate of drug-likeness (QED) is 0.711. The second-order valence-corrected chi connectivity index (χ2v) is 10.7. The Labute approximate surface area is 159 Å². The molecule has 0 bridgehead atoms. The predicted molar refractivity (Wildman–Crippen MR) is 107 cm³/mol. The van der Waals surface area contributed by atoms with Gasteiger partial charge in [-0.15, -0.1) is 0 Å². The largest absolute Gasteiger partial charge is 0.376 e. The average molecular weight is 382 g/mol. The Bertz CT molecular complexity index is 680. The summed E-state index contributed by atoms with van der Waals surface area (Å²) in [5.74, 6) is 0.655. The monoisotopic (exact) mass is 381 g/mol. The van der Waals surface area contributed by atoms with Crippen molar-refractivity contribution in [1.29, 1.82) is 0 Å². The molecule has 1 aliphatic rings. The molecule has 0 aliphatic carbocycles. The molecule has 0 radical (unpaired) electrons. The van der Waals surface area contributed by atoms with Gasteiger partial charge in [-0.1, -0.05) is 38.0 Å². The highest BCUT2D eigenvalue weighted by atomic mass is 32.2. The summed E-state index contributed by atoms with van der Waals surface area (Å²) in [5, 5.41) is 0. The number of hydrogen-bond donors (Lipinski definition) is 1. The number of sulfonamides is 1. The Morgan fingerprint density at radius 3 is 2.38 bits per heavy atom. The smallest absolute Gasteiger partial charge is 0.240 e. The predicted octanol–water partition coefficient (Wildman–Crippen LogP) is 4.68. The van der Waals surface area contributed by atoms with Crippen LogP contribution in [0.15, 0.2) is 29.2 Å². The van der Waals surface area contributed by atoms with Crippen LogP contribution in [0.1, 0.15) is 65.4 Å². The second-order valence-electron chi connectivity index (χ2n) is 8.93. The normalized spacial score (nSPS) is 23.3. The molecule has 1 aromatic carbocycles. The van der Waals surface area contributed by atoms with Crippen LogP contribution in [0.2, 0.25) is 0 Å². The summed E-state index contributed by atoms with van der Waals surface area (Å²) in [6.45, 7) is 12.0. The zero-order valence-electron chi connectivity index (χ0n) is 17.0. The summed E-state index contributed by atoms with van der Waals surface area (Å²) < 4.78 is 33.8. The van der Waals surface area contributed by atoms with E-state index in [9.17, 15) is 8.42 Å². The number of ether oxygens (including phenoxy) is 1. The Morgan fingerprint density at radius 2 is 1.81 bits per heavy atom. The van der Waals surface area contributed by atoms with Gasteiger partial charge in [-0.3, -0.25) is 0 Å². The summed E-state index contributed by atoms with van der Waals surface area (Å²) in [4.78, 5) is 0.339. The maximum absolute atomic E-state index is 12.5. The van der Waals surface area contributed by atoms with Crippen LogP contribution in [0.5, 0.6) is 0 Å². The molecule has 0 saturated carbocycles. The molecular formula is C21H35NO3S. The van der Waals surface area contributed by atoms with E-state index in [2.05, 4.69) is 32.4 Å². The minimum atomic E-state index is -3.45. The van der Waals surface area contributed by atoms with Crippen molar-refractivity contribution in [2.45, 2.75) is 77.2 Å². The van der Waals surface area contributed by atoms with E-state index in [4.69, 9.17) is 4.74 Å². The average Bonchev–Trinajstić information content (AvgIpc) is 2.52. The molecular weight excluding hydrogens is 346 g/mol. The van der Waals surface area contributed by atoms with Crippen LogP contribution in [0.3, 0.4) is 0 Å². The van der Waals surface area contributed by atoms with Crippen molar-refractivity contribution in [2.24, 2.45) is 11.3 Å². The lowest BCUT2D eigenvalue weighted by molar-refractivity contribution is -0.110. The maximum Gasteiger partial charge on any atom is 0.240 e. The van der Waals surface area contributed by atoms with Crippen LogP contribution in [0.4, 0.5) is 0 Å². The summed E-state index contributed by atoms with van der Waals surface area (Å²) in [5.41, 5.74) is 1.08. The molecule has 1 unspecified atom stereocenters. The van der Waals surface area contributed by atoms with E-state index in [0.29, 0.717) is 17.4 Å². The first-order chi connectivity index (χ1) is 12.0. The minimum Gasteiger partial charge on any atom is -0.376 e. The van der Waals surface area contributed by atoms with Gasteiger partial charge in [0.2, 0.25) is 10.0 Å². The van der Waals surface area contributed by atoms with E-state index in [1.165, 1.54) is 6.42 Å². The van der Waals surface area contributed by atoms with Crippen LogP contribution in [-0.2, 0) is 14.8 Å². The van der Waals surface area contributed by atoms with Gasteiger partial charge < -0.3 is 4.74 Å². The molecule has 5 heteroatoms. The van der Waals surface area contributed by atoms with E-state index in [1.54, 1.807) is 12.1 Å². The standard InChI is InChI=1S/C21H35NO3S/c1-17(2)10-11-21(13-15-25-20(4,5)16-21)12-14-22-26(23,24)19-8-6-18(3)7-9-19/h6-9,17,22H,10-16H2,1-5H3. The fourth-order valence-corrected chi connectivity index (χ4v) is 5.02. The van der Waals surface area contributed by atoms with Crippen molar-refractivity contribution < 1.29 is 13.2 Å². The third-order valence-electron chi connectivity index (χ3n) is 5.46. The zero-order valence-corrected chi connectivity index (χ0v) is 17.8. The molecule has 2 rings (SSSR count). The molecule has 1 saturated heterocycles. The second kappa shape index (κ2) is 8.41. The highest BCUT2D eigenvalue weighted by Gasteiger charge is 2.40. The molecule has 1 aromatic rings. The van der Waals surface area contributed by atoms with Gasteiger partial charge in [0, 0.05) is 13.2 Å². The number of hydrogen-bond acceptors (Lipinski definition) is 3. The third kappa shape index (κ3) is 6.07. The van der Waals surface area contributed by atoms with Gasteiger partial charge in [0.15, 0.2) is 0 Å². The Morgan fingerprint density at radius 1 is 1.15 bits per heavy atom. The van der Waals surface area contributed by atoms with Gasteiger partial charge in [0.25, 0.3) is 0 Å². The van der Waals surface area contributed by atoms with E-state index in [-0.39, 0.29) is 11.0 Å². The van der Waals surface area contributed by atoms with Gasteiger partial charge in [-0.05, 0) is 69.9 Å². The minimum absolute atomic E-state index is 0.134. The SMILES string of the molecule is Cc1ccc(S(=O)(=O)NCCC2(CCC(C)C)CCOC(C)(C)C2)cc1. The first-order valence-corrected chi connectivity index (χ1v) is 11.2. The van der Waals surface area contributed by atoms with Gasteiger partial charge in [-0.2, -0.15) is 0 Å². The number of benzene rings is 1. The van der Waals surface area contributed by atoms with Crippen LogP contribution < -0.4 is 4.72 Å². The maximum atomic E-state index is 12.5. The zero-order chi connectivity index (χ0) is 19.4. The molecule has 1 aliphatic heterocycles. The first kappa shape index (κ1) is 21.4.